The number of amides is 4. The number of para-hydroxylation sites is 1. The molecule has 1 unspecified atom stereocenters. The van der Waals surface area contributed by atoms with Crippen LogP contribution in [0, 0.1) is 5.92 Å². The first-order valence-corrected chi connectivity index (χ1v) is 8.65. The third kappa shape index (κ3) is 5.77. The lowest BCUT2D eigenvalue weighted by molar-refractivity contribution is -0.132. The summed E-state index contributed by atoms with van der Waals surface area (Å²) in [6.45, 7) is 5.15. The van der Waals surface area contributed by atoms with Gasteiger partial charge in [0.25, 0.3) is 0 Å². The van der Waals surface area contributed by atoms with Crippen LogP contribution in [0.2, 0.25) is 0 Å². The smallest absolute Gasteiger partial charge is 0.319 e. The van der Waals surface area contributed by atoms with E-state index < -0.39 is 12.1 Å². The van der Waals surface area contributed by atoms with Crippen molar-refractivity contribution in [2.45, 2.75) is 32.7 Å². The summed E-state index contributed by atoms with van der Waals surface area (Å²) in [5.41, 5.74) is 0.645. The number of benzene rings is 1. The van der Waals surface area contributed by atoms with Gasteiger partial charge in [-0.3, -0.25) is 9.59 Å². The van der Waals surface area contributed by atoms with E-state index in [0.29, 0.717) is 5.69 Å². The summed E-state index contributed by atoms with van der Waals surface area (Å²) < 4.78 is 0. The lowest BCUT2D eigenvalue weighted by Gasteiger charge is -2.22. The highest BCUT2D eigenvalue weighted by Gasteiger charge is 2.25. The summed E-state index contributed by atoms with van der Waals surface area (Å²) in [5.74, 6) is -0.545. The molecular formula is C18H26N4O3. The van der Waals surface area contributed by atoms with Crippen LogP contribution in [0.25, 0.3) is 0 Å². The Morgan fingerprint density at radius 2 is 1.72 bits per heavy atom. The summed E-state index contributed by atoms with van der Waals surface area (Å²) >= 11 is 0. The second kappa shape index (κ2) is 9.05. The molecule has 7 nitrogen and oxygen atoms in total. The molecule has 1 atom stereocenters. The first kappa shape index (κ1) is 18.8. The van der Waals surface area contributed by atoms with Gasteiger partial charge in [0.2, 0.25) is 11.8 Å². The molecule has 0 aliphatic carbocycles. The van der Waals surface area contributed by atoms with Crippen molar-refractivity contribution in [3.63, 3.8) is 0 Å². The molecule has 0 aromatic heterocycles. The third-order valence-electron chi connectivity index (χ3n) is 4.14. The van der Waals surface area contributed by atoms with E-state index in [9.17, 15) is 14.4 Å². The molecule has 0 radical (unpaired) electrons. The fourth-order valence-corrected chi connectivity index (χ4v) is 2.72. The Kier molecular flexibility index (Phi) is 6.80. The largest absolute Gasteiger partial charge is 0.345 e. The van der Waals surface area contributed by atoms with E-state index in [0.717, 1.165) is 25.9 Å². The van der Waals surface area contributed by atoms with E-state index in [1.165, 1.54) is 0 Å². The number of carbonyl (C=O) groups is 3. The Balaban J connectivity index is 1.84. The second-order valence-corrected chi connectivity index (χ2v) is 6.49. The van der Waals surface area contributed by atoms with Gasteiger partial charge in [0.15, 0.2) is 0 Å². The lowest BCUT2D eigenvalue weighted by Crippen LogP contribution is -2.52. The standard InChI is InChI=1S/C18H26N4O3/c1-13(2)16(21-18(25)20-14-8-4-3-5-9-14)17(24)19-12-15(23)22-10-6-7-11-22/h3-5,8-9,13,16H,6-7,10-12H2,1-2H3,(H,19,24)(H2,20,21,25). The maximum absolute atomic E-state index is 12.4. The molecule has 1 saturated heterocycles. The molecule has 1 aliphatic rings. The van der Waals surface area contributed by atoms with Crippen LogP contribution in [-0.4, -0.2) is 48.4 Å². The number of urea groups is 1. The highest BCUT2D eigenvalue weighted by atomic mass is 16.2. The normalized spacial score (nSPS) is 14.9. The van der Waals surface area contributed by atoms with Crippen LogP contribution in [0.1, 0.15) is 26.7 Å². The highest BCUT2D eigenvalue weighted by molar-refractivity contribution is 5.94. The molecule has 2 rings (SSSR count). The van der Waals surface area contributed by atoms with Crippen molar-refractivity contribution >= 4 is 23.5 Å². The molecule has 0 saturated carbocycles. The first-order chi connectivity index (χ1) is 12.0. The van der Waals surface area contributed by atoms with Crippen molar-refractivity contribution in [3.8, 4) is 0 Å². The molecule has 25 heavy (non-hydrogen) atoms. The van der Waals surface area contributed by atoms with Crippen molar-refractivity contribution in [1.29, 1.82) is 0 Å². The molecule has 7 heteroatoms. The minimum Gasteiger partial charge on any atom is -0.345 e. The molecule has 1 aromatic rings. The van der Waals surface area contributed by atoms with Gasteiger partial charge in [-0.15, -0.1) is 0 Å². The van der Waals surface area contributed by atoms with Crippen molar-refractivity contribution in [2.75, 3.05) is 25.0 Å². The Bertz CT molecular complexity index is 598. The molecule has 1 fully saturated rings. The van der Waals surface area contributed by atoms with Crippen LogP contribution in [0.4, 0.5) is 10.5 Å². The predicted octanol–water partition coefficient (Wildman–Crippen LogP) is 1.57. The number of hydrogen-bond donors (Lipinski definition) is 3. The molecule has 3 N–H and O–H groups in total. The number of nitrogens with zero attached hydrogens (tertiary/aromatic N) is 1. The summed E-state index contributed by atoms with van der Waals surface area (Å²) in [6, 6.07) is 7.84. The van der Waals surface area contributed by atoms with E-state index in [4.69, 9.17) is 0 Å². The number of hydrogen-bond acceptors (Lipinski definition) is 3. The fraction of sp³-hybridized carbons (Fsp3) is 0.500. The topological polar surface area (TPSA) is 90.5 Å². The average molecular weight is 346 g/mol. The van der Waals surface area contributed by atoms with Gasteiger partial charge in [-0.1, -0.05) is 32.0 Å². The Morgan fingerprint density at radius 3 is 2.32 bits per heavy atom. The van der Waals surface area contributed by atoms with Crippen LogP contribution in [-0.2, 0) is 9.59 Å². The van der Waals surface area contributed by atoms with E-state index >= 15 is 0 Å². The predicted molar refractivity (Wildman–Crippen MR) is 96.0 cm³/mol. The Hall–Kier alpha value is -2.57. The maximum Gasteiger partial charge on any atom is 0.319 e. The molecule has 1 heterocycles. The minimum absolute atomic E-state index is 0.0377. The zero-order chi connectivity index (χ0) is 18.2. The molecule has 4 amide bonds. The van der Waals surface area contributed by atoms with E-state index in [2.05, 4.69) is 16.0 Å². The van der Waals surface area contributed by atoms with Gasteiger partial charge in [-0.2, -0.15) is 0 Å². The lowest BCUT2D eigenvalue weighted by atomic mass is 10.0. The number of carbonyl (C=O) groups excluding carboxylic acids is 3. The van der Waals surface area contributed by atoms with Crippen LogP contribution >= 0.6 is 0 Å². The quantitative estimate of drug-likeness (QED) is 0.730. The van der Waals surface area contributed by atoms with Crippen LogP contribution in [0.3, 0.4) is 0 Å². The second-order valence-electron chi connectivity index (χ2n) is 6.49. The summed E-state index contributed by atoms with van der Waals surface area (Å²) in [6.07, 6.45) is 2.02. The van der Waals surface area contributed by atoms with Gasteiger partial charge in [0.1, 0.15) is 6.04 Å². The zero-order valence-electron chi connectivity index (χ0n) is 14.7. The van der Waals surface area contributed by atoms with Crippen molar-refractivity contribution in [3.05, 3.63) is 30.3 Å². The van der Waals surface area contributed by atoms with Gasteiger partial charge in [-0.25, -0.2) is 4.79 Å². The number of nitrogens with one attached hydrogen (secondary N) is 3. The van der Waals surface area contributed by atoms with Gasteiger partial charge < -0.3 is 20.9 Å². The Morgan fingerprint density at radius 1 is 1.08 bits per heavy atom. The van der Waals surface area contributed by atoms with E-state index in [1.807, 2.05) is 32.0 Å². The monoisotopic (exact) mass is 346 g/mol. The highest BCUT2D eigenvalue weighted by Crippen LogP contribution is 2.08. The fourth-order valence-electron chi connectivity index (χ4n) is 2.72. The van der Waals surface area contributed by atoms with Crippen LogP contribution in [0.5, 0.6) is 0 Å². The molecule has 1 aliphatic heterocycles. The average Bonchev–Trinajstić information content (AvgIpc) is 3.12. The third-order valence-corrected chi connectivity index (χ3v) is 4.14. The summed E-state index contributed by atoms with van der Waals surface area (Å²) in [7, 11) is 0. The first-order valence-electron chi connectivity index (χ1n) is 8.65. The van der Waals surface area contributed by atoms with Crippen molar-refractivity contribution < 1.29 is 14.4 Å². The van der Waals surface area contributed by atoms with Gasteiger partial charge in [-0.05, 0) is 30.9 Å². The van der Waals surface area contributed by atoms with Crippen molar-refractivity contribution in [2.24, 2.45) is 5.92 Å². The molecule has 136 valence electrons. The van der Waals surface area contributed by atoms with E-state index in [1.54, 1.807) is 17.0 Å². The zero-order valence-corrected chi connectivity index (χ0v) is 14.7. The van der Waals surface area contributed by atoms with Crippen LogP contribution < -0.4 is 16.0 Å². The van der Waals surface area contributed by atoms with Crippen LogP contribution in [0.15, 0.2) is 30.3 Å². The molecule has 0 bridgehead atoms. The number of likely N-dealkylation sites (tertiary alicyclic amines) is 1. The SMILES string of the molecule is CC(C)C(NC(=O)Nc1ccccc1)C(=O)NCC(=O)N1CCCC1. The van der Waals surface area contributed by atoms with Crippen molar-refractivity contribution in [1.82, 2.24) is 15.5 Å². The number of rotatable bonds is 6. The van der Waals surface area contributed by atoms with Gasteiger partial charge >= 0.3 is 6.03 Å². The number of anilines is 1. The van der Waals surface area contributed by atoms with Gasteiger partial charge in [0.05, 0.1) is 6.54 Å². The summed E-state index contributed by atoms with van der Waals surface area (Å²) in [4.78, 5) is 38.2. The maximum atomic E-state index is 12.4. The molecule has 1 aromatic carbocycles. The Labute approximate surface area is 148 Å². The minimum atomic E-state index is -0.713. The summed E-state index contributed by atoms with van der Waals surface area (Å²) in [5, 5.41) is 7.99. The van der Waals surface area contributed by atoms with E-state index in [-0.39, 0.29) is 24.3 Å². The molecule has 0 spiro atoms. The van der Waals surface area contributed by atoms with Gasteiger partial charge in [0, 0.05) is 18.8 Å². The molecular weight excluding hydrogens is 320 g/mol.